The fourth-order valence-corrected chi connectivity index (χ4v) is 3.77. The number of ether oxygens (including phenoxy) is 2. The number of carbonyl (C=O) groups excluding carboxylic acids is 1. The molecule has 2 aromatic carbocycles. The number of benzene rings is 2. The maximum Gasteiger partial charge on any atom is 0.245 e. The molecule has 138 valence electrons. The van der Waals surface area contributed by atoms with Gasteiger partial charge in [-0.1, -0.05) is 6.07 Å². The average Bonchev–Trinajstić information content (AvgIpc) is 3.06. The molecule has 1 amide bonds. The minimum Gasteiger partial charge on any atom is -0.454 e. The molecule has 0 aromatic heterocycles. The number of hydrogen-bond donors (Lipinski definition) is 1. The van der Waals surface area contributed by atoms with Crippen LogP contribution in [-0.2, 0) is 14.8 Å². The topological polar surface area (TPSA) is 84.9 Å². The summed E-state index contributed by atoms with van der Waals surface area (Å²) in [6.45, 7) is -0.189. The summed E-state index contributed by atoms with van der Waals surface area (Å²) in [7, 11) is -3.62. The SMILES string of the molecule is CSc1cccc(N(CC(=O)Nc2ccc3c(c2)OCO3)S(C)(=O)=O)c1. The van der Waals surface area contributed by atoms with E-state index in [-0.39, 0.29) is 13.3 Å². The molecule has 0 fully saturated rings. The number of hydrogen-bond acceptors (Lipinski definition) is 6. The average molecular weight is 394 g/mol. The summed E-state index contributed by atoms with van der Waals surface area (Å²) in [5.41, 5.74) is 0.950. The van der Waals surface area contributed by atoms with Gasteiger partial charge in [-0.25, -0.2) is 8.42 Å². The fraction of sp³-hybridized carbons (Fsp3) is 0.235. The molecule has 0 aliphatic carbocycles. The molecule has 0 saturated heterocycles. The molecule has 0 radical (unpaired) electrons. The van der Waals surface area contributed by atoms with Crippen molar-refractivity contribution in [3.8, 4) is 11.5 Å². The second-order valence-corrected chi connectivity index (χ2v) is 8.37. The smallest absolute Gasteiger partial charge is 0.245 e. The van der Waals surface area contributed by atoms with E-state index in [1.165, 1.54) is 11.8 Å². The van der Waals surface area contributed by atoms with Gasteiger partial charge in [0.05, 0.1) is 11.9 Å². The van der Waals surface area contributed by atoms with Gasteiger partial charge in [-0.2, -0.15) is 0 Å². The standard InChI is InChI=1S/C17H18N2O5S2/c1-25-14-5-3-4-13(9-14)19(26(2,21)22)10-17(20)18-12-6-7-15-16(8-12)24-11-23-15/h3-9H,10-11H2,1-2H3,(H,18,20). The van der Waals surface area contributed by atoms with Crippen LogP contribution in [0.1, 0.15) is 0 Å². The summed E-state index contributed by atoms with van der Waals surface area (Å²) in [4.78, 5) is 13.3. The van der Waals surface area contributed by atoms with Gasteiger partial charge >= 0.3 is 0 Å². The molecule has 0 spiro atoms. The highest BCUT2D eigenvalue weighted by Crippen LogP contribution is 2.34. The van der Waals surface area contributed by atoms with E-state index in [0.29, 0.717) is 22.9 Å². The first-order valence-corrected chi connectivity index (χ1v) is 10.8. The number of anilines is 2. The van der Waals surface area contributed by atoms with E-state index in [4.69, 9.17) is 9.47 Å². The van der Waals surface area contributed by atoms with Crippen LogP contribution in [0.25, 0.3) is 0 Å². The van der Waals surface area contributed by atoms with Crippen LogP contribution in [0, 0.1) is 0 Å². The van der Waals surface area contributed by atoms with E-state index >= 15 is 0 Å². The summed E-state index contributed by atoms with van der Waals surface area (Å²) in [6.07, 6.45) is 2.98. The number of fused-ring (bicyclic) bond motifs is 1. The van der Waals surface area contributed by atoms with E-state index in [1.54, 1.807) is 36.4 Å². The van der Waals surface area contributed by atoms with E-state index in [0.717, 1.165) is 15.5 Å². The minimum atomic E-state index is -3.62. The van der Waals surface area contributed by atoms with Gasteiger partial charge in [0.25, 0.3) is 0 Å². The summed E-state index contributed by atoms with van der Waals surface area (Å²) < 4.78 is 35.9. The molecule has 0 unspecified atom stereocenters. The van der Waals surface area contributed by atoms with Crippen molar-refractivity contribution in [1.29, 1.82) is 0 Å². The lowest BCUT2D eigenvalue weighted by molar-refractivity contribution is -0.114. The molecule has 0 saturated carbocycles. The van der Waals surface area contributed by atoms with Crippen LogP contribution in [0.15, 0.2) is 47.4 Å². The number of amides is 1. The Morgan fingerprint density at radius 3 is 2.69 bits per heavy atom. The Labute approximate surface area is 156 Å². The van der Waals surface area contributed by atoms with Crippen molar-refractivity contribution in [1.82, 2.24) is 0 Å². The van der Waals surface area contributed by atoms with Crippen LogP contribution in [-0.4, -0.2) is 40.2 Å². The lowest BCUT2D eigenvalue weighted by atomic mass is 10.2. The summed E-state index contributed by atoms with van der Waals surface area (Å²) in [5, 5.41) is 2.69. The summed E-state index contributed by atoms with van der Waals surface area (Å²) >= 11 is 1.50. The summed E-state index contributed by atoms with van der Waals surface area (Å²) in [5.74, 6) is 0.689. The molecule has 1 aliphatic heterocycles. The van der Waals surface area contributed by atoms with Crippen LogP contribution in [0.4, 0.5) is 11.4 Å². The van der Waals surface area contributed by atoms with Gasteiger partial charge in [-0.15, -0.1) is 11.8 Å². The van der Waals surface area contributed by atoms with Gasteiger partial charge in [0.15, 0.2) is 11.5 Å². The lowest BCUT2D eigenvalue weighted by Gasteiger charge is -2.22. The van der Waals surface area contributed by atoms with E-state index in [2.05, 4.69) is 5.32 Å². The Balaban J connectivity index is 1.77. The number of carbonyl (C=O) groups is 1. The van der Waals surface area contributed by atoms with Crippen molar-refractivity contribution in [3.63, 3.8) is 0 Å². The van der Waals surface area contributed by atoms with Crippen molar-refractivity contribution in [2.75, 3.05) is 35.5 Å². The van der Waals surface area contributed by atoms with Crippen LogP contribution in [0.3, 0.4) is 0 Å². The first-order chi connectivity index (χ1) is 12.4. The fourth-order valence-electron chi connectivity index (χ4n) is 2.47. The second-order valence-electron chi connectivity index (χ2n) is 5.59. The number of sulfonamides is 1. The maximum absolute atomic E-state index is 12.4. The Morgan fingerprint density at radius 2 is 1.96 bits per heavy atom. The molecule has 1 heterocycles. The minimum absolute atomic E-state index is 0.139. The zero-order valence-electron chi connectivity index (χ0n) is 14.3. The van der Waals surface area contributed by atoms with Crippen molar-refractivity contribution in [3.05, 3.63) is 42.5 Å². The molecule has 2 aromatic rings. The molecule has 0 atom stereocenters. The Bertz CT molecular complexity index is 931. The Hall–Kier alpha value is -2.39. The third-order valence-corrected chi connectivity index (χ3v) is 5.55. The first-order valence-electron chi connectivity index (χ1n) is 7.68. The highest BCUT2D eigenvalue weighted by Gasteiger charge is 2.22. The molecular weight excluding hydrogens is 376 g/mol. The maximum atomic E-state index is 12.4. The Kier molecular flexibility index (Phi) is 5.28. The molecule has 26 heavy (non-hydrogen) atoms. The highest BCUT2D eigenvalue weighted by molar-refractivity contribution is 7.98. The summed E-state index contributed by atoms with van der Waals surface area (Å²) in [6, 6.07) is 12.0. The van der Waals surface area contributed by atoms with Gasteiger partial charge < -0.3 is 14.8 Å². The normalized spacial score (nSPS) is 12.7. The van der Waals surface area contributed by atoms with Crippen molar-refractivity contribution >= 4 is 39.1 Å². The molecule has 9 heteroatoms. The third-order valence-electron chi connectivity index (χ3n) is 3.69. The predicted molar refractivity (Wildman–Crippen MR) is 102 cm³/mol. The second kappa shape index (κ2) is 7.46. The van der Waals surface area contributed by atoms with E-state index in [1.807, 2.05) is 12.3 Å². The largest absolute Gasteiger partial charge is 0.454 e. The molecule has 1 aliphatic rings. The first kappa shape index (κ1) is 18.4. The van der Waals surface area contributed by atoms with Gasteiger partial charge in [0, 0.05) is 16.6 Å². The van der Waals surface area contributed by atoms with Crippen molar-refractivity contribution in [2.45, 2.75) is 4.90 Å². The van der Waals surface area contributed by atoms with Crippen molar-refractivity contribution in [2.24, 2.45) is 0 Å². The van der Waals surface area contributed by atoms with Gasteiger partial charge in [-0.3, -0.25) is 9.10 Å². The van der Waals surface area contributed by atoms with Crippen LogP contribution < -0.4 is 19.1 Å². The zero-order valence-corrected chi connectivity index (χ0v) is 15.9. The predicted octanol–water partition coefficient (Wildman–Crippen LogP) is 2.54. The quantitative estimate of drug-likeness (QED) is 0.758. The number of nitrogens with one attached hydrogen (secondary N) is 1. The molecule has 0 bridgehead atoms. The van der Waals surface area contributed by atoms with E-state index < -0.39 is 15.9 Å². The lowest BCUT2D eigenvalue weighted by Crippen LogP contribution is -2.37. The zero-order chi connectivity index (χ0) is 18.7. The van der Waals surface area contributed by atoms with Crippen LogP contribution >= 0.6 is 11.8 Å². The molecule has 7 nitrogen and oxygen atoms in total. The number of nitrogens with zero attached hydrogens (tertiary/aromatic N) is 1. The molecule has 3 rings (SSSR count). The Morgan fingerprint density at radius 1 is 1.19 bits per heavy atom. The van der Waals surface area contributed by atoms with Gasteiger partial charge in [-0.05, 0) is 36.6 Å². The van der Waals surface area contributed by atoms with E-state index in [9.17, 15) is 13.2 Å². The van der Waals surface area contributed by atoms with Gasteiger partial charge in [0.1, 0.15) is 6.54 Å². The monoisotopic (exact) mass is 394 g/mol. The number of rotatable bonds is 6. The van der Waals surface area contributed by atoms with Crippen molar-refractivity contribution < 1.29 is 22.7 Å². The van der Waals surface area contributed by atoms with Crippen LogP contribution in [0.5, 0.6) is 11.5 Å². The number of thioether (sulfide) groups is 1. The van der Waals surface area contributed by atoms with Crippen LogP contribution in [0.2, 0.25) is 0 Å². The third kappa shape index (κ3) is 4.23. The van der Waals surface area contributed by atoms with Gasteiger partial charge in [0.2, 0.25) is 22.7 Å². The molecule has 1 N–H and O–H groups in total. The molecular formula is C17H18N2O5S2. The highest BCUT2D eigenvalue weighted by atomic mass is 32.2.